The minimum absolute atomic E-state index is 0.00845. The lowest BCUT2D eigenvalue weighted by Crippen LogP contribution is -2.18. The summed E-state index contributed by atoms with van der Waals surface area (Å²) in [4.78, 5) is 22.3. The standard InChI is InChI=1S/C15H15N3O4S/c1-10(19)17-11-6-8-12(9-7-11)23(21,22)18-14-5-3-2-4-13(14)15(16)20/h2-9,18H,1H3,(H2,16,20)(H,17,19). The molecule has 0 aromatic heterocycles. The van der Waals surface area contributed by atoms with E-state index in [1.165, 1.54) is 43.3 Å². The first-order chi connectivity index (χ1) is 10.8. The molecule has 0 aliphatic rings. The summed E-state index contributed by atoms with van der Waals surface area (Å²) in [6.45, 7) is 1.35. The maximum atomic E-state index is 12.4. The molecule has 0 saturated heterocycles. The van der Waals surface area contributed by atoms with Crippen molar-refractivity contribution in [1.29, 1.82) is 0 Å². The molecule has 2 aromatic carbocycles. The summed E-state index contributed by atoms with van der Waals surface area (Å²) in [5.41, 5.74) is 5.88. The molecule has 0 bridgehead atoms. The number of rotatable bonds is 5. The zero-order valence-corrected chi connectivity index (χ0v) is 13.1. The van der Waals surface area contributed by atoms with E-state index in [1.54, 1.807) is 12.1 Å². The molecule has 0 saturated carbocycles. The van der Waals surface area contributed by atoms with Crippen LogP contribution >= 0.6 is 0 Å². The second-order valence-corrected chi connectivity index (χ2v) is 6.40. The zero-order valence-electron chi connectivity index (χ0n) is 12.2. The Labute approximate surface area is 133 Å². The summed E-state index contributed by atoms with van der Waals surface area (Å²) in [5, 5.41) is 2.54. The molecule has 120 valence electrons. The Kier molecular flexibility index (Phi) is 4.65. The molecule has 8 heteroatoms. The highest BCUT2D eigenvalue weighted by Crippen LogP contribution is 2.21. The Balaban J connectivity index is 2.29. The molecule has 23 heavy (non-hydrogen) atoms. The van der Waals surface area contributed by atoms with Crippen molar-refractivity contribution in [2.24, 2.45) is 5.73 Å². The van der Waals surface area contributed by atoms with Gasteiger partial charge in [-0.25, -0.2) is 8.42 Å². The largest absolute Gasteiger partial charge is 0.366 e. The number of para-hydroxylation sites is 1. The van der Waals surface area contributed by atoms with Crippen LogP contribution in [0.2, 0.25) is 0 Å². The lowest BCUT2D eigenvalue weighted by Gasteiger charge is -2.11. The van der Waals surface area contributed by atoms with Crippen molar-refractivity contribution in [3.63, 3.8) is 0 Å². The molecule has 7 nitrogen and oxygen atoms in total. The molecule has 2 amide bonds. The highest BCUT2D eigenvalue weighted by Gasteiger charge is 2.17. The van der Waals surface area contributed by atoms with Crippen LogP contribution in [-0.4, -0.2) is 20.2 Å². The summed E-state index contributed by atoms with van der Waals surface area (Å²) in [6.07, 6.45) is 0. The number of hydrogen-bond donors (Lipinski definition) is 3. The Morgan fingerprint density at radius 2 is 1.61 bits per heavy atom. The van der Waals surface area contributed by atoms with Gasteiger partial charge < -0.3 is 11.1 Å². The minimum atomic E-state index is -3.89. The van der Waals surface area contributed by atoms with Crippen molar-refractivity contribution in [3.8, 4) is 0 Å². The van der Waals surface area contributed by atoms with Crippen molar-refractivity contribution in [1.82, 2.24) is 0 Å². The number of nitrogens with two attached hydrogens (primary N) is 1. The molecule has 0 atom stereocenters. The first-order valence-corrected chi connectivity index (χ1v) is 8.07. The number of sulfonamides is 1. The maximum Gasteiger partial charge on any atom is 0.261 e. The second-order valence-electron chi connectivity index (χ2n) is 4.72. The lowest BCUT2D eigenvalue weighted by atomic mass is 10.2. The summed E-state index contributed by atoms with van der Waals surface area (Å²) in [5.74, 6) is -0.988. The quantitative estimate of drug-likeness (QED) is 0.769. The van der Waals surface area contributed by atoms with Gasteiger partial charge in [0, 0.05) is 12.6 Å². The van der Waals surface area contributed by atoms with E-state index in [0.717, 1.165) is 0 Å². The van der Waals surface area contributed by atoms with Crippen LogP contribution in [0.3, 0.4) is 0 Å². The van der Waals surface area contributed by atoms with Crippen LogP contribution in [0.1, 0.15) is 17.3 Å². The summed E-state index contributed by atoms with van der Waals surface area (Å²) < 4.78 is 27.0. The SMILES string of the molecule is CC(=O)Nc1ccc(S(=O)(=O)Nc2ccccc2C(N)=O)cc1. The summed E-state index contributed by atoms with van der Waals surface area (Å²) >= 11 is 0. The van der Waals surface area contributed by atoms with Gasteiger partial charge in [-0.1, -0.05) is 12.1 Å². The summed E-state index contributed by atoms with van der Waals surface area (Å²) in [7, 11) is -3.89. The van der Waals surface area contributed by atoms with Crippen LogP contribution in [0.5, 0.6) is 0 Å². The van der Waals surface area contributed by atoms with E-state index in [0.29, 0.717) is 5.69 Å². The van der Waals surface area contributed by atoms with Crippen LogP contribution < -0.4 is 15.8 Å². The van der Waals surface area contributed by atoms with Crippen LogP contribution in [0, 0.1) is 0 Å². The van der Waals surface area contributed by atoms with Crippen molar-refractivity contribution >= 4 is 33.2 Å². The Morgan fingerprint density at radius 3 is 2.17 bits per heavy atom. The van der Waals surface area contributed by atoms with Crippen LogP contribution in [0.4, 0.5) is 11.4 Å². The third kappa shape index (κ3) is 4.07. The van der Waals surface area contributed by atoms with Crippen LogP contribution in [0.25, 0.3) is 0 Å². The van der Waals surface area contributed by atoms with E-state index in [4.69, 9.17) is 5.73 Å². The number of hydrogen-bond acceptors (Lipinski definition) is 4. The number of nitrogens with one attached hydrogen (secondary N) is 2. The molecular weight excluding hydrogens is 318 g/mol. The van der Waals surface area contributed by atoms with Gasteiger partial charge in [0.05, 0.1) is 16.1 Å². The second kappa shape index (κ2) is 6.49. The lowest BCUT2D eigenvalue weighted by molar-refractivity contribution is -0.114. The molecule has 2 aromatic rings. The Hall–Kier alpha value is -2.87. The number of carbonyl (C=O) groups is 2. The van der Waals surface area contributed by atoms with Gasteiger partial charge in [0.25, 0.3) is 15.9 Å². The first kappa shape index (κ1) is 16.5. The number of benzene rings is 2. The zero-order chi connectivity index (χ0) is 17.0. The van der Waals surface area contributed by atoms with Gasteiger partial charge in [0.1, 0.15) is 0 Å². The monoisotopic (exact) mass is 333 g/mol. The van der Waals surface area contributed by atoms with Crippen LogP contribution in [-0.2, 0) is 14.8 Å². The predicted octanol–water partition coefficient (Wildman–Crippen LogP) is 1.54. The maximum absolute atomic E-state index is 12.4. The normalized spacial score (nSPS) is 10.8. The third-order valence-electron chi connectivity index (χ3n) is 2.92. The Morgan fingerprint density at radius 1 is 1.00 bits per heavy atom. The molecule has 0 radical (unpaired) electrons. The van der Waals surface area contributed by atoms with E-state index in [2.05, 4.69) is 10.0 Å². The van der Waals surface area contributed by atoms with Crippen molar-refractivity contribution in [3.05, 3.63) is 54.1 Å². The van der Waals surface area contributed by atoms with E-state index in [1.807, 2.05) is 0 Å². The van der Waals surface area contributed by atoms with Gasteiger partial charge in [-0.15, -0.1) is 0 Å². The fraction of sp³-hybridized carbons (Fsp3) is 0.0667. The Bertz CT molecular complexity index is 845. The van der Waals surface area contributed by atoms with E-state index in [-0.39, 0.29) is 22.1 Å². The minimum Gasteiger partial charge on any atom is -0.366 e. The highest BCUT2D eigenvalue weighted by atomic mass is 32.2. The third-order valence-corrected chi connectivity index (χ3v) is 4.30. The molecule has 0 aliphatic carbocycles. The number of carbonyl (C=O) groups excluding carboxylic acids is 2. The molecule has 0 fully saturated rings. The van der Waals surface area contributed by atoms with Crippen molar-refractivity contribution in [2.45, 2.75) is 11.8 Å². The number of anilines is 2. The fourth-order valence-electron chi connectivity index (χ4n) is 1.91. The molecule has 2 rings (SSSR count). The van der Waals surface area contributed by atoms with Crippen LogP contribution in [0.15, 0.2) is 53.4 Å². The molecule has 0 heterocycles. The van der Waals surface area contributed by atoms with E-state index >= 15 is 0 Å². The van der Waals surface area contributed by atoms with Gasteiger partial charge in [0.2, 0.25) is 5.91 Å². The van der Waals surface area contributed by atoms with Crippen molar-refractivity contribution in [2.75, 3.05) is 10.0 Å². The van der Waals surface area contributed by atoms with E-state index in [9.17, 15) is 18.0 Å². The predicted molar refractivity (Wildman–Crippen MR) is 86.5 cm³/mol. The van der Waals surface area contributed by atoms with Gasteiger partial charge >= 0.3 is 0 Å². The average molecular weight is 333 g/mol. The highest BCUT2D eigenvalue weighted by molar-refractivity contribution is 7.92. The summed E-state index contributed by atoms with van der Waals surface area (Å²) in [6, 6.07) is 11.7. The number of primary amides is 1. The average Bonchev–Trinajstić information content (AvgIpc) is 2.47. The smallest absolute Gasteiger partial charge is 0.261 e. The van der Waals surface area contributed by atoms with Gasteiger partial charge in [-0.05, 0) is 36.4 Å². The fourth-order valence-corrected chi connectivity index (χ4v) is 2.99. The first-order valence-electron chi connectivity index (χ1n) is 6.59. The number of amides is 2. The van der Waals surface area contributed by atoms with Crippen molar-refractivity contribution < 1.29 is 18.0 Å². The molecule has 0 spiro atoms. The molecule has 0 unspecified atom stereocenters. The molecule has 4 N–H and O–H groups in total. The van der Waals surface area contributed by atoms with Gasteiger partial charge in [-0.3, -0.25) is 14.3 Å². The van der Waals surface area contributed by atoms with Gasteiger partial charge in [0.15, 0.2) is 0 Å². The van der Waals surface area contributed by atoms with Gasteiger partial charge in [-0.2, -0.15) is 0 Å². The molecule has 0 aliphatic heterocycles. The molecular formula is C15H15N3O4S. The van der Waals surface area contributed by atoms with E-state index < -0.39 is 15.9 Å². The topological polar surface area (TPSA) is 118 Å².